The Bertz CT molecular complexity index is 1700. The molecule has 0 aliphatic carbocycles. The number of carbonyl (C=O) groups excluding carboxylic acids is 4. The molecule has 3 aromatic rings. The van der Waals surface area contributed by atoms with Gasteiger partial charge in [-0.15, -0.1) is 0 Å². The molecule has 11 heteroatoms. The second-order valence-corrected chi connectivity index (χ2v) is 10.8. The van der Waals surface area contributed by atoms with Gasteiger partial charge in [0, 0.05) is 28.9 Å². The van der Waals surface area contributed by atoms with Crippen LogP contribution in [0.4, 0.5) is 13.2 Å². The summed E-state index contributed by atoms with van der Waals surface area (Å²) in [5.74, 6) is -3.61. The number of benzene rings is 3. The van der Waals surface area contributed by atoms with Gasteiger partial charge in [-0.05, 0) is 44.4 Å². The third kappa shape index (κ3) is 8.55. The van der Waals surface area contributed by atoms with Gasteiger partial charge in [-0.25, -0.2) is 9.59 Å². The lowest BCUT2D eigenvalue weighted by atomic mass is 9.78. The van der Waals surface area contributed by atoms with E-state index in [9.17, 15) is 32.3 Å². The van der Waals surface area contributed by atoms with Crippen LogP contribution >= 0.6 is 0 Å². The van der Waals surface area contributed by atoms with Crippen molar-refractivity contribution >= 4 is 23.6 Å². The Kier molecular flexibility index (Phi) is 11.4. The zero-order chi connectivity index (χ0) is 34.1. The van der Waals surface area contributed by atoms with Gasteiger partial charge in [-0.2, -0.15) is 13.2 Å². The molecule has 0 fully saturated rings. The third-order valence-electron chi connectivity index (χ3n) is 7.60. The van der Waals surface area contributed by atoms with Crippen LogP contribution < -0.4 is 10.6 Å². The van der Waals surface area contributed by atoms with Gasteiger partial charge in [0.15, 0.2) is 5.78 Å². The van der Waals surface area contributed by atoms with E-state index in [1.807, 2.05) is 6.07 Å². The van der Waals surface area contributed by atoms with Gasteiger partial charge in [-0.1, -0.05) is 72.8 Å². The molecule has 1 atom stereocenters. The summed E-state index contributed by atoms with van der Waals surface area (Å²) in [6, 6.07) is 20.6. The fourth-order valence-electron chi connectivity index (χ4n) is 5.40. The van der Waals surface area contributed by atoms with Crippen molar-refractivity contribution in [2.24, 2.45) is 0 Å². The van der Waals surface area contributed by atoms with Gasteiger partial charge in [0.05, 0.1) is 35.8 Å². The molecular formula is C36H35F3N2O6. The monoisotopic (exact) mass is 648 g/mol. The maximum atomic E-state index is 14.1. The van der Waals surface area contributed by atoms with Crippen molar-refractivity contribution in [3.05, 3.63) is 129 Å². The number of ether oxygens (including phenoxy) is 2. The Morgan fingerprint density at radius 1 is 0.787 bits per heavy atom. The van der Waals surface area contributed by atoms with Crippen molar-refractivity contribution in [2.45, 2.75) is 45.7 Å². The lowest BCUT2D eigenvalue weighted by Gasteiger charge is -2.31. The van der Waals surface area contributed by atoms with E-state index in [1.54, 1.807) is 55.5 Å². The first kappa shape index (κ1) is 34.7. The number of allylic oxidation sites excluding steroid dienone is 2. The van der Waals surface area contributed by atoms with Gasteiger partial charge in [0.25, 0.3) is 0 Å². The quantitative estimate of drug-likeness (QED) is 0.140. The SMILES string of the molecule is CCOC(=O)C1=C(C)NC(C)=C(C(=O)OCCNC(=O)CCc2ccc(C(=O)c3ccccc3)cc2)C1c1ccccc1C(F)(F)F. The van der Waals surface area contributed by atoms with Crippen molar-refractivity contribution in [2.75, 3.05) is 19.8 Å². The van der Waals surface area contributed by atoms with E-state index in [0.717, 1.165) is 11.6 Å². The number of aryl methyl sites for hydroxylation is 1. The Labute approximate surface area is 270 Å². The molecule has 1 heterocycles. The summed E-state index contributed by atoms with van der Waals surface area (Å²) < 4.78 is 52.8. The second-order valence-electron chi connectivity index (χ2n) is 10.8. The molecule has 0 aromatic heterocycles. The van der Waals surface area contributed by atoms with Gasteiger partial charge >= 0.3 is 18.1 Å². The number of rotatable bonds is 12. The van der Waals surface area contributed by atoms with Crippen molar-refractivity contribution < 1.29 is 41.8 Å². The molecule has 0 bridgehead atoms. The van der Waals surface area contributed by atoms with Crippen LogP contribution in [0.2, 0.25) is 0 Å². The molecular weight excluding hydrogens is 613 g/mol. The predicted molar refractivity (Wildman–Crippen MR) is 168 cm³/mol. The molecule has 0 radical (unpaired) electrons. The minimum absolute atomic E-state index is 0.0231. The Morgan fingerprint density at radius 2 is 1.36 bits per heavy atom. The minimum Gasteiger partial charge on any atom is -0.463 e. The number of hydrogen-bond acceptors (Lipinski definition) is 7. The molecule has 8 nitrogen and oxygen atoms in total. The zero-order valence-corrected chi connectivity index (χ0v) is 26.2. The maximum absolute atomic E-state index is 14.1. The number of dihydropyridines is 1. The Hall–Kier alpha value is -5.19. The van der Waals surface area contributed by atoms with Crippen LogP contribution in [0.1, 0.15) is 65.7 Å². The molecule has 0 spiro atoms. The predicted octanol–water partition coefficient (Wildman–Crippen LogP) is 6.03. The number of carbonyl (C=O) groups is 4. The van der Waals surface area contributed by atoms with Crippen molar-refractivity contribution in [3.8, 4) is 0 Å². The molecule has 1 aliphatic heterocycles. The fraction of sp³-hybridized carbons (Fsp3) is 0.278. The Balaban J connectivity index is 1.38. The first-order valence-corrected chi connectivity index (χ1v) is 15.1. The number of ketones is 1. The van der Waals surface area contributed by atoms with E-state index in [-0.39, 0.29) is 66.0 Å². The summed E-state index contributed by atoms with van der Waals surface area (Å²) in [6.45, 7) is 4.27. The van der Waals surface area contributed by atoms with Crippen molar-refractivity contribution in [3.63, 3.8) is 0 Å². The van der Waals surface area contributed by atoms with Crippen LogP contribution in [-0.4, -0.2) is 43.4 Å². The maximum Gasteiger partial charge on any atom is 0.416 e. The van der Waals surface area contributed by atoms with Crippen LogP contribution in [-0.2, 0) is 36.5 Å². The summed E-state index contributed by atoms with van der Waals surface area (Å²) in [5, 5.41) is 5.57. The van der Waals surface area contributed by atoms with Crippen LogP contribution in [0.3, 0.4) is 0 Å². The molecule has 3 aromatic carbocycles. The van der Waals surface area contributed by atoms with E-state index in [4.69, 9.17) is 9.47 Å². The first-order valence-electron chi connectivity index (χ1n) is 15.1. The summed E-state index contributed by atoms with van der Waals surface area (Å²) in [5.41, 5.74) is 0.864. The topological polar surface area (TPSA) is 111 Å². The zero-order valence-electron chi connectivity index (χ0n) is 26.2. The lowest BCUT2D eigenvalue weighted by molar-refractivity contribution is -0.142. The summed E-state index contributed by atoms with van der Waals surface area (Å²) in [4.78, 5) is 51.5. The highest BCUT2D eigenvalue weighted by Gasteiger charge is 2.43. The fourth-order valence-corrected chi connectivity index (χ4v) is 5.40. The third-order valence-corrected chi connectivity index (χ3v) is 7.60. The number of halogens is 3. The normalized spacial score (nSPS) is 14.7. The van der Waals surface area contributed by atoms with E-state index in [0.29, 0.717) is 17.5 Å². The van der Waals surface area contributed by atoms with E-state index in [1.165, 1.54) is 32.0 Å². The molecule has 2 N–H and O–H groups in total. The van der Waals surface area contributed by atoms with Crippen LogP contribution in [0, 0.1) is 0 Å². The number of esters is 2. The van der Waals surface area contributed by atoms with Gasteiger partial charge in [-0.3, -0.25) is 9.59 Å². The number of nitrogens with one attached hydrogen (secondary N) is 2. The van der Waals surface area contributed by atoms with Crippen LogP contribution in [0.15, 0.2) is 101 Å². The van der Waals surface area contributed by atoms with Gasteiger partial charge in [0.2, 0.25) is 5.91 Å². The Morgan fingerprint density at radius 3 is 1.98 bits per heavy atom. The molecule has 1 aliphatic rings. The van der Waals surface area contributed by atoms with Crippen molar-refractivity contribution in [1.82, 2.24) is 10.6 Å². The van der Waals surface area contributed by atoms with Crippen molar-refractivity contribution in [1.29, 1.82) is 0 Å². The van der Waals surface area contributed by atoms with Gasteiger partial charge in [0.1, 0.15) is 6.61 Å². The smallest absolute Gasteiger partial charge is 0.416 e. The summed E-state index contributed by atoms with van der Waals surface area (Å²) >= 11 is 0. The molecule has 4 rings (SSSR count). The summed E-state index contributed by atoms with van der Waals surface area (Å²) in [6.07, 6.45) is -4.22. The second kappa shape index (κ2) is 15.4. The number of amides is 1. The highest BCUT2D eigenvalue weighted by molar-refractivity contribution is 6.09. The van der Waals surface area contributed by atoms with Crippen LogP contribution in [0.25, 0.3) is 0 Å². The van der Waals surface area contributed by atoms with E-state index in [2.05, 4.69) is 10.6 Å². The van der Waals surface area contributed by atoms with Gasteiger partial charge < -0.3 is 20.1 Å². The van der Waals surface area contributed by atoms with E-state index >= 15 is 0 Å². The highest BCUT2D eigenvalue weighted by atomic mass is 19.4. The molecule has 246 valence electrons. The summed E-state index contributed by atoms with van der Waals surface area (Å²) in [7, 11) is 0. The van der Waals surface area contributed by atoms with E-state index < -0.39 is 29.6 Å². The van der Waals surface area contributed by atoms with Crippen LogP contribution in [0.5, 0.6) is 0 Å². The molecule has 47 heavy (non-hydrogen) atoms. The molecule has 1 unspecified atom stereocenters. The number of alkyl halides is 3. The minimum atomic E-state index is -4.76. The average Bonchev–Trinajstić information content (AvgIpc) is 3.05. The lowest BCUT2D eigenvalue weighted by Crippen LogP contribution is -2.34. The largest absolute Gasteiger partial charge is 0.463 e. The highest BCUT2D eigenvalue weighted by Crippen LogP contribution is 2.44. The molecule has 1 amide bonds. The molecule has 0 saturated carbocycles. The average molecular weight is 649 g/mol. The number of hydrogen-bond donors (Lipinski definition) is 2. The first-order chi connectivity index (χ1) is 22.4. The standard InChI is InChI=1S/C36H35F3N2O6/c1-4-46-34(44)30-22(2)41-23(3)31(32(30)27-12-8-9-13-28(27)36(37,38)39)35(45)47-21-20-40-29(42)19-16-24-14-17-26(18-15-24)33(43)25-10-6-5-7-11-25/h5-15,17-18,32,41H,4,16,19-21H2,1-3H3,(H,40,42). The molecule has 0 saturated heterocycles.